The lowest BCUT2D eigenvalue weighted by molar-refractivity contribution is 0.102. The number of aromatic amines is 1. The van der Waals surface area contributed by atoms with Gasteiger partial charge in [0.1, 0.15) is 5.82 Å². The number of nitrogens with zero attached hydrogens (tertiary/aromatic N) is 3. The first kappa shape index (κ1) is 20.2. The van der Waals surface area contributed by atoms with Crippen molar-refractivity contribution in [2.24, 2.45) is 5.92 Å². The number of anilines is 2. The molecule has 3 aromatic heterocycles. The Hall–Kier alpha value is -3.49. The van der Waals surface area contributed by atoms with Crippen molar-refractivity contribution < 1.29 is 4.79 Å². The summed E-state index contributed by atoms with van der Waals surface area (Å²) in [6, 6.07) is 4.77. The Balaban J connectivity index is 2.24. The molecule has 0 saturated carbocycles. The summed E-state index contributed by atoms with van der Waals surface area (Å²) in [4.78, 5) is 48.9. The fourth-order valence-electron chi connectivity index (χ4n) is 2.98. The highest BCUT2D eigenvalue weighted by molar-refractivity contribution is 6.11. The molecule has 29 heavy (non-hydrogen) atoms. The van der Waals surface area contributed by atoms with Crippen molar-refractivity contribution in [1.82, 2.24) is 19.5 Å². The van der Waals surface area contributed by atoms with E-state index in [1.165, 1.54) is 10.8 Å². The molecule has 3 aromatic rings. The van der Waals surface area contributed by atoms with Gasteiger partial charge in [-0.1, -0.05) is 27.7 Å². The fourth-order valence-corrected chi connectivity index (χ4v) is 2.98. The van der Waals surface area contributed by atoms with E-state index in [0.717, 1.165) is 0 Å². The van der Waals surface area contributed by atoms with Crippen LogP contribution in [0.3, 0.4) is 0 Å². The van der Waals surface area contributed by atoms with Gasteiger partial charge in [-0.3, -0.25) is 19.1 Å². The molecule has 3 heterocycles. The number of fused-ring (bicyclic) bond motifs is 1. The summed E-state index contributed by atoms with van der Waals surface area (Å²) >= 11 is 0. The van der Waals surface area contributed by atoms with E-state index in [1.807, 2.05) is 27.7 Å². The predicted molar refractivity (Wildman–Crippen MR) is 112 cm³/mol. The molecule has 0 aromatic carbocycles. The van der Waals surface area contributed by atoms with Crippen LogP contribution in [0.2, 0.25) is 0 Å². The van der Waals surface area contributed by atoms with Gasteiger partial charge in [-0.2, -0.15) is 0 Å². The van der Waals surface area contributed by atoms with E-state index in [-0.39, 0.29) is 28.4 Å². The van der Waals surface area contributed by atoms with Crippen LogP contribution in [0.25, 0.3) is 11.0 Å². The van der Waals surface area contributed by atoms with Crippen molar-refractivity contribution in [1.29, 1.82) is 0 Å². The van der Waals surface area contributed by atoms with Crippen LogP contribution in [-0.4, -0.2) is 25.4 Å². The minimum atomic E-state index is -0.645. The maximum atomic E-state index is 13.0. The molecule has 0 atom stereocenters. The highest BCUT2D eigenvalue weighted by atomic mass is 16.2. The van der Waals surface area contributed by atoms with Gasteiger partial charge in [0.2, 0.25) is 0 Å². The second-order valence-corrected chi connectivity index (χ2v) is 7.64. The Bertz CT molecular complexity index is 1180. The first-order chi connectivity index (χ1) is 13.7. The van der Waals surface area contributed by atoms with Gasteiger partial charge in [0, 0.05) is 12.2 Å². The van der Waals surface area contributed by atoms with E-state index in [4.69, 9.17) is 5.73 Å². The second kappa shape index (κ2) is 7.86. The lowest BCUT2D eigenvalue weighted by atomic mass is 10.0. The summed E-state index contributed by atoms with van der Waals surface area (Å²) in [7, 11) is 0. The number of pyridine rings is 2. The standard InChI is InChI=1S/C20H24N6O3/c1-10(2)9-26-17-16(19(28)25-20(26)29)13(7-14(24-17)11(3)4)18(27)23-12-5-6-15(21)22-8-12/h5-8,10-11H,9H2,1-4H3,(H2,21,22)(H,23,27)(H,25,28,29). The summed E-state index contributed by atoms with van der Waals surface area (Å²) in [6.07, 6.45) is 1.43. The zero-order chi connectivity index (χ0) is 21.3. The number of nitrogens with two attached hydrogens (primary N) is 1. The fraction of sp³-hybridized carbons (Fsp3) is 0.350. The molecule has 0 saturated heterocycles. The number of nitrogen functional groups attached to an aromatic ring is 1. The normalized spacial score (nSPS) is 11.4. The summed E-state index contributed by atoms with van der Waals surface area (Å²) in [5.41, 5.74) is 5.79. The van der Waals surface area contributed by atoms with Gasteiger partial charge in [0.15, 0.2) is 5.65 Å². The van der Waals surface area contributed by atoms with Gasteiger partial charge in [-0.25, -0.2) is 14.8 Å². The number of H-pyrrole nitrogens is 1. The molecule has 0 aliphatic rings. The van der Waals surface area contributed by atoms with Crippen molar-refractivity contribution in [3.63, 3.8) is 0 Å². The van der Waals surface area contributed by atoms with Crippen LogP contribution in [0.5, 0.6) is 0 Å². The van der Waals surface area contributed by atoms with E-state index in [2.05, 4.69) is 20.3 Å². The van der Waals surface area contributed by atoms with Crippen molar-refractivity contribution in [3.8, 4) is 0 Å². The highest BCUT2D eigenvalue weighted by Gasteiger charge is 2.21. The molecule has 1 amide bonds. The molecule has 4 N–H and O–H groups in total. The quantitative estimate of drug-likeness (QED) is 0.604. The summed E-state index contributed by atoms with van der Waals surface area (Å²) in [5.74, 6) is -0.0322. The van der Waals surface area contributed by atoms with Crippen LogP contribution in [-0.2, 0) is 6.54 Å². The third-order valence-corrected chi connectivity index (χ3v) is 4.40. The zero-order valence-corrected chi connectivity index (χ0v) is 16.8. The number of aromatic nitrogens is 4. The molecule has 0 fully saturated rings. The lowest BCUT2D eigenvalue weighted by Gasteiger charge is -2.16. The highest BCUT2D eigenvalue weighted by Crippen LogP contribution is 2.21. The van der Waals surface area contributed by atoms with Crippen LogP contribution in [0.1, 0.15) is 49.7 Å². The first-order valence-electron chi connectivity index (χ1n) is 9.38. The van der Waals surface area contributed by atoms with Gasteiger partial charge >= 0.3 is 5.69 Å². The third-order valence-electron chi connectivity index (χ3n) is 4.40. The molecule has 3 rings (SSSR count). The minimum Gasteiger partial charge on any atom is -0.384 e. The Kier molecular flexibility index (Phi) is 5.49. The van der Waals surface area contributed by atoms with Crippen molar-refractivity contribution >= 4 is 28.4 Å². The van der Waals surface area contributed by atoms with Crippen molar-refractivity contribution in [2.45, 2.75) is 40.2 Å². The second-order valence-electron chi connectivity index (χ2n) is 7.64. The monoisotopic (exact) mass is 396 g/mol. The maximum absolute atomic E-state index is 13.0. The molecule has 0 spiro atoms. The van der Waals surface area contributed by atoms with Gasteiger partial charge in [-0.15, -0.1) is 0 Å². The molecule has 9 nitrogen and oxygen atoms in total. The van der Waals surface area contributed by atoms with Gasteiger partial charge in [0.05, 0.1) is 22.8 Å². The summed E-state index contributed by atoms with van der Waals surface area (Å²) < 4.78 is 1.41. The number of hydrogen-bond acceptors (Lipinski definition) is 6. The maximum Gasteiger partial charge on any atom is 0.330 e. The Morgan fingerprint density at radius 1 is 1.24 bits per heavy atom. The average Bonchev–Trinajstić information content (AvgIpc) is 2.65. The van der Waals surface area contributed by atoms with Crippen LogP contribution in [0, 0.1) is 5.92 Å². The van der Waals surface area contributed by atoms with Crippen LogP contribution < -0.4 is 22.3 Å². The van der Waals surface area contributed by atoms with E-state index in [9.17, 15) is 14.4 Å². The Labute approximate surface area is 167 Å². The number of hydrogen-bond donors (Lipinski definition) is 3. The third kappa shape index (κ3) is 4.18. The topological polar surface area (TPSA) is 136 Å². The summed E-state index contributed by atoms with van der Waals surface area (Å²) in [5, 5.41) is 2.80. The van der Waals surface area contributed by atoms with E-state index < -0.39 is 17.2 Å². The van der Waals surface area contributed by atoms with Crippen molar-refractivity contribution in [2.75, 3.05) is 11.1 Å². The predicted octanol–water partition coefficient (Wildman–Crippen LogP) is 2.09. The molecular formula is C20H24N6O3. The van der Waals surface area contributed by atoms with Gasteiger partial charge in [0.25, 0.3) is 11.5 Å². The molecule has 0 aliphatic carbocycles. The number of carbonyl (C=O) groups excluding carboxylic acids is 1. The Morgan fingerprint density at radius 3 is 2.55 bits per heavy atom. The zero-order valence-electron chi connectivity index (χ0n) is 16.8. The molecule has 152 valence electrons. The molecule has 9 heteroatoms. The van der Waals surface area contributed by atoms with Gasteiger partial charge in [-0.05, 0) is 30.0 Å². The van der Waals surface area contributed by atoms with Crippen molar-refractivity contribution in [3.05, 3.63) is 56.5 Å². The number of carbonyl (C=O) groups is 1. The lowest BCUT2D eigenvalue weighted by Crippen LogP contribution is -2.33. The van der Waals surface area contributed by atoms with Gasteiger partial charge < -0.3 is 11.1 Å². The molecular weight excluding hydrogens is 372 g/mol. The molecule has 0 bridgehead atoms. The average molecular weight is 396 g/mol. The summed E-state index contributed by atoms with van der Waals surface area (Å²) in [6.45, 7) is 8.13. The number of amides is 1. The van der Waals surface area contributed by atoms with Crippen LogP contribution in [0.4, 0.5) is 11.5 Å². The molecule has 0 unspecified atom stereocenters. The number of nitrogens with one attached hydrogen (secondary N) is 2. The van der Waals surface area contributed by atoms with Crippen LogP contribution >= 0.6 is 0 Å². The van der Waals surface area contributed by atoms with Crippen LogP contribution in [0.15, 0.2) is 34.0 Å². The Morgan fingerprint density at radius 2 is 1.97 bits per heavy atom. The SMILES string of the molecule is CC(C)Cn1c(=O)[nH]c(=O)c2c(C(=O)Nc3ccc(N)nc3)cc(C(C)C)nc21. The van der Waals surface area contributed by atoms with E-state index in [1.54, 1.807) is 18.2 Å². The first-order valence-corrected chi connectivity index (χ1v) is 9.38. The molecule has 0 radical (unpaired) electrons. The molecule has 0 aliphatic heterocycles. The van der Waals surface area contributed by atoms with E-state index in [0.29, 0.717) is 23.7 Å². The smallest absolute Gasteiger partial charge is 0.330 e. The minimum absolute atomic E-state index is 0.00831. The number of rotatable bonds is 5. The largest absolute Gasteiger partial charge is 0.384 e. The van der Waals surface area contributed by atoms with E-state index >= 15 is 0 Å².